The third kappa shape index (κ3) is 5.17. The molecule has 30 heavy (non-hydrogen) atoms. The molecule has 2 aliphatic rings. The molecule has 8 nitrogen and oxygen atoms in total. The van der Waals surface area contributed by atoms with Crippen LogP contribution in [0.25, 0.3) is 0 Å². The van der Waals surface area contributed by atoms with E-state index < -0.39 is 11.9 Å². The van der Waals surface area contributed by atoms with Gasteiger partial charge >= 0.3 is 0 Å². The Bertz CT molecular complexity index is 825. The lowest BCUT2D eigenvalue weighted by molar-refractivity contribution is -0.137. The molecule has 3 atom stereocenters. The molecule has 3 rings (SSSR count). The van der Waals surface area contributed by atoms with E-state index in [1.807, 2.05) is 0 Å². The van der Waals surface area contributed by atoms with Gasteiger partial charge in [0.25, 0.3) is 5.91 Å². The number of nitrogens with one attached hydrogen (secondary N) is 3. The lowest BCUT2D eigenvalue weighted by Gasteiger charge is -2.30. The highest BCUT2D eigenvalue weighted by Crippen LogP contribution is 2.25. The van der Waals surface area contributed by atoms with E-state index in [-0.39, 0.29) is 30.1 Å². The van der Waals surface area contributed by atoms with Crippen LogP contribution in [-0.2, 0) is 14.4 Å². The lowest BCUT2D eigenvalue weighted by Crippen LogP contribution is -2.50. The molecule has 162 valence electrons. The minimum atomic E-state index is -0.830. The summed E-state index contributed by atoms with van der Waals surface area (Å²) in [6.45, 7) is 2.75. The quantitative estimate of drug-likeness (QED) is 0.507. The smallest absolute Gasteiger partial charge is 0.267 e. The van der Waals surface area contributed by atoms with Crippen molar-refractivity contribution in [3.05, 3.63) is 29.8 Å². The van der Waals surface area contributed by atoms with Gasteiger partial charge in [0.2, 0.25) is 11.8 Å². The van der Waals surface area contributed by atoms with E-state index in [2.05, 4.69) is 17.6 Å². The van der Waals surface area contributed by atoms with Crippen LogP contribution in [0, 0.1) is 11.3 Å². The number of amides is 3. The Labute approximate surface area is 177 Å². The van der Waals surface area contributed by atoms with Gasteiger partial charge in [-0.3, -0.25) is 19.8 Å². The van der Waals surface area contributed by atoms with Gasteiger partial charge in [-0.2, -0.15) is 0 Å². The van der Waals surface area contributed by atoms with Crippen molar-refractivity contribution in [2.24, 2.45) is 11.7 Å². The largest absolute Gasteiger partial charge is 0.376 e. The third-order valence-electron chi connectivity index (χ3n) is 6.03. The number of likely N-dealkylation sites (tertiary alicyclic amines) is 1. The summed E-state index contributed by atoms with van der Waals surface area (Å²) in [4.78, 5) is 38.6. The Morgan fingerprint density at radius 1 is 1.17 bits per heavy atom. The zero-order valence-electron chi connectivity index (χ0n) is 17.4. The molecular formula is C22H31N5O3. The summed E-state index contributed by atoms with van der Waals surface area (Å²) in [5, 5.41) is 14.0. The van der Waals surface area contributed by atoms with Gasteiger partial charge in [-0.1, -0.05) is 38.0 Å². The maximum Gasteiger partial charge on any atom is 0.267 e. The number of hydrogen-bond acceptors (Lipinski definition) is 5. The van der Waals surface area contributed by atoms with E-state index in [9.17, 15) is 14.4 Å². The Balaban J connectivity index is 1.59. The molecule has 1 aliphatic heterocycles. The van der Waals surface area contributed by atoms with Crippen LogP contribution in [-0.4, -0.2) is 53.5 Å². The summed E-state index contributed by atoms with van der Waals surface area (Å²) < 4.78 is 0. The second-order valence-electron chi connectivity index (χ2n) is 8.36. The molecular weight excluding hydrogens is 382 g/mol. The van der Waals surface area contributed by atoms with E-state index in [1.165, 1.54) is 6.42 Å². The molecule has 1 aromatic rings. The Hall–Kier alpha value is -2.90. The van der Waals surface area contributed by atoms with Gasteiger partial charge in [0, 0.05) is 23.8 Å². The summed E-state index contributed by atoms with van der Waals surface area (Å²) >= 11 is 0. The average Bonchev–Trinajstić information content (AvgIpc) is 3.22. The molecule has 0 spiro atoms. The predicted octanol–water partition coefficient (Wildman–Crippen LogP) is 1.64. The monoisotopic (exact) mass is 413 g/mol. The van der Waals surface area contributed by atoms with Crippen molar-refractivity contribution in [1.82, 2.24) is 10.2 Å². The number of nitrogens with two attached hydrogens (primary N) is 1. The second-order valence-corrected chi connectivity index (χ2v) is 8.36. The van der Waals surface area contributed by atoms with Crippen molar-refractivity contribution < 1.29 is 14.4 Å². The van der Waals surface area contributed by atoms with Crippen LogP contribution < -0.4 is 16.4 Å². The van der Waals surface area contributed by atoms with Crippen molar-refractivity contribution in [2.75, 3.05) is 18.4 Å². The molecule has 0 bridgehead atoms. The van der Waals surface area contributed by atoms with Gasteiger partial charge in [0.05, 0.1) is 6.54 Å². The zero-order valence-corrected chi connectivity index (χ0v) is 17.4. The molecule has 1 aromatic carbocycles. The minimum Gasteiger partial charge on any atom is -0.376 e. The van der Waals surface area contributed by atoms with Crippen LogP contribution in [0.15, 0.2) is 24.3 Å². The number of carbonyl (C=O) groups is 3. The van der Waals surface area contributed by atoms with Crippen molar-refractivity contribution in [3.8, 4) is 0 Å². The molecule has 5 N–H and O–H groups in total. The van der Waals surface area contributed by atoms with E-state index >= 15 is 0 Å². The highest BCUT2D eigenvalue weighted by atomic mass is 16.2. The van der Waals surface area contributed by atoms with Crippen LogP contribution in [0.2, 0.25) is 0 Å². The van der Waals surface area contributed by atoms with Gasteiger partial charge in [0.15, 0.2) is 0 Å². The van der Waals surface area contributed by atoms with E-state index in [4.69, 9.17) is 11.1 Å². The molecule has 0 aromatic heterocycles. The first-order valence-electron chi connectivity index (χ1n) is 10.7. The van der Waals surface area contributed by atoms with Crippen LogP contribution in [0.1, 0.15) is 51.0 Å². The predicted molar refractivity (Wildman–Crippen MR) is 115 cm³/mol. The standard InChI is InChI=1S/C22H31N5O3/c1-14-6-4-7-15(12-14)26-22(30)18-10-5-11-27(18)19(28)13-25-17-9-3-2-8-16(17)20(23)21(24)29/h2-3,8-9,14-15,18,23,25H,4-7,10-13H2,1H3,(H2,24,29)(H,26,30). The summed E-state index contributed by atoms with van der Waals surface area (Å²) in [5.41, 5.74) is 5.74. The normalized spacial score (nSPS) is 23.6. The molecule has 1 heterocycles. The highest BCUT2D eigenvalue weighted by molar-refractivity contribution is 6.44. The molecule has 8 heteroatoms. The van der Waals surface area contributed by atoms with Crippen molar-refractivity contribution >= 4 is 29.1 Å². The van der Waals surface area contributed by atoms with Gasteiger partial charge in [-0.05, 0) is 37.7 Å². The SMILES string of the molecule is CC1CCCC(NC(=O)C2CCCN2C(=O)CNc2ccccc2C(=N)C(N)=O)C1. The van der Waals surface area contributed by atoms with E-state index in [1.54, 1.807) is 29.2 Å². The molecule has 3 unspecified atom stereocenters. The van der Waals surface area contributed by atoms with Crippen molar-refractivity contribution in [1.29, 1.82) is 5.41 Å². The topological polar surface area (TPSA) is 128 Å². The van der Waals surface area contributed by atoms with Gasteiger partial charge in [-0.15, -0.1) is 0 Å². The van der Waals surface area contributed by atoms with Crippen LogP contribution in [0.3, 0.4) is 0 Å². The first kappa shape index (κ1) is 21.8. The second kappa shape index (κ2) is 9.73. The summed E-state index contributed by atoms with van der Waals surface area (Å²) in [6, 6.07) is 6.52. The number of hydrogen-bond donors (Lipinski definition) is 4. The molecule has 1 saturated heterocycles. The van der Waals surface area contributed by atoms with Crippen molar-refractivity contribution in [2.45, 2.75) is 57.5 Å². The Morgan fingerprint density at radius 3 is 2.67 bits per heavy atom. The Kier molecular flexibility index (Phi) is 7.07. The molecule has 3 amide bonds. The number of rotatable bonds is 7. The van der Waals surface area contributed by atoms with Crippen molar-refractivity contribution in [3.63, 3.8) is 0 Å². The van der Waals surface area contributed by atoms with Crippen LogP contribution >= 0.6 is 0 Å². The third-order valence-corrected chi connectivity index (χ3v) is 6.03. The summed E-state index contributed by atoms with van der Waals surface area (Å²) in [6.07, 6.45) is 5.80. The van der Waals surface area contributed by atoms with Gasteiger partial charge in [0.1, 0.15) is 11.8 Å². The number of para-hydroxylation sites is 1. The van der Waals surface area contributed by atoms with E-state index in [0.29, 0.717) is 30.1 Å². The molecule has 1 saturated carbocycles. The number of carbonyl (C=O) groups excluding carboxylic acids is 3. The number of nitrogens with zero attached hydrogens (tertiary/aromatic N) is 1. The minimum absolute atomic E-state index is 0.0205. The Morgan fingerprint density at radius 2 is 1.93 bits per heavy atom. The molecule has 1 aliphatic carbocycles. The first-order valence-corrected chi connectivity index (χ1v) is 10.7. The number of primary amides is 1. The summed E-state index contributed by atoms with van der Waals surface area (Å²) in [7, 11) is 0. The number of benzene rings is 1. The fraction of sp³-hybridized carbons (Fsp3) is 0.545. The maximum atomic E-state index is 12.8. The van der Waals surface area contributed by atoms with Gasteiger partial charge in [-0.25, -0.2) is 0 Å². The number of anilines is 1. The van der Waals surface area contributed by atoms with Gasteiger partial charge < -0.3 is 21.3 Å². The fourth-order valence-corrected chi connectivity index (χ4v) is 4.46. The average molecular weight is 414 g/mol. The highest BCUT2D eigenvalue weighted by Gasteiger charge is 2.35. The van der Waals surface area contributed by atoms with Crippen LogP contribution in [0.5, 0.6) is 0 Å². The summed E-state index contributed by atoms with van der Waals surface area (Å²) in [5.74, 6) is -0.446. The first-order chi connectivity index (χ1) is 14.4. The molecule has 2 fully saturated rings. The van der Waals surface area contributed by atoms with Crippen LogP contribution in [0.4, 0.5) is 5.69 Å². The lowest BCUT2D eigenvalue weighted by atomic mass is 9.87. The fourth-order valence-electron chi connectivity index (χ4n) is 4.46. The zero-order chi connectivity index (χ0) is 21.7. The molecule has 0 radical (unpaired) electrons. The van der Waals surface area contributed by atoms with E-state index in [0.717, 1.165) is 25.7 Å². The maximum absolute atomic E-state index is 12.8.